The Morgan fingerprint density at radius 3 is 2.65 bits per heavy atom. The Kier molecular flexibility index (Phi) is 3.56. The zero-order valence-electron chi connectivity index (χ0n) is 11.3. The molecule has 1 aromatic carbocycles. The topological polar surface area (TPSA) is 89.5 Å². The molecular formula is C13H15NO5S. The lowest BCUT2D eigenvalue weighted by molar-refractivity contribution is -0.122. The van der Waals surface area contributed by atoms with Crippen LogP contribution >= 0.6 is 0 Å². The summed E-state index contributed by atoms with van der Waals surface area (Å²) in [5.74, 6) is -0.359. The molecule has 0 aromatic heterocycles. The number of ketones is 1. The van der Waals surface area contributed by atoms with Gasteiger partial charge in [-0.25, -0.2) is 8.42 Å². The molecule has 0 bridgehead atoms. The monoisotopic (exact) mass is 297 g/mol. The van der Waals surface area contributed by atoms with Crippen LogP contribution in [0.25, 0.3) is 0 Å². The van der Waals surface area contributed by atoms with Crippen molar-refractivity contribution in [1.82, 2.24) is 0 Å². The average molecular weight is 297 g/mol. The van der Waals surface area contributed by atoms with Crippen molar-refractivity contribution in [1.29, 1.82) is 0 Å². The number of nitrogens with one attached hydrogen (secondary N) is 1. The van der Waals surface area contributed by atoms with Crippen molar-refractivity contribution >= 4 is 27.2 Å². The molecule has 2 atom stereocenters. The highest BCUT2D eigenvalue weighted by molar-refractivity contribution is 7.92. The molecule has 0 radical (unpaired) electrons. The maximum Gasteiger partial charge on any atom is 0.265 e. The zero-order valence-corrected chi connectivity index (χ0v) is 12.2. The van der Waals surface area contributed by atoms with Crippen molar-refractivity contribution in [3.8, 4) is 5.75 Å². The van der Waals surface area contributed by atoms with Crippen LogP contribution in [0, 0.1) is 0 Å². The standard InChI is InChI=1S/C13H15NO5S/c1-7-13(16)14-10-6-9(4-5-11(10)19-7)12(15)8(2)20(3,17)18/h4-8H,1-3H3,(H,14,16). The molecule has 1 aromatic rings. The van der Waals surface area contributed by atoms with Crippen LogP contribution in [0.15, 0.2) is 18.2 Å². The Bertz CT molecular complexity index is 680. The van der Waals surface area contributed by atoms with Crippen LogP contribution in [-0.4, -0.2) is 37.7 Å². The van der Waals surface area contributed by atoms with Gasteiger partial charge in [0.05, 0.1) is 5.69 Å². The lowest BCUT2D eigenvalue weighted by Crippen LogP contribution is -2.34. The van der Waals surface area contributed by atoms with E-state index in [2.05, 4.69) is 5.32 Å². The van der Waals surface area contributed by atoms with Crippen molar-refractivity contribution in [3.05, 3.63) is 23.8 Å². The smallest absolute Gasteiger partial charge is 0.265 e. The third-order valence-electron chi connectivity index (χ3n) is 3.21. The molecule has 0 saturated carbocycles. The SMILES string of the molecule is CC1Oc2ccc(C(=O)C(C)S(C)(=O)=O)cc2NC1=O. The van der Waals surface area contributed by atoms with Gasteiger partial charge in [-0.05, 0) is 32.0 Å². The maximum atomic E-state index is 12.1. The van der Waals surface area contributed by atoms with Crippen LogP contribution in [0.2, 0.25) is 0 Å². The van der Waals surface area contributed by atoms with Crippen LogP contribution in [0.5, 0.6) is 5.75 Å². The van der Waals surface area contributed by atoms with Gasteiger partial charge in [0.2, 0.25) is 0 Å². The molecule has 1 aliphatic heterocycles. The Balaban J connectivity index is 2.35. The molecule has 108 valence electrons. The van der Waals surface area contributed by atoms with Gasteiger partial charge in [0.15, 0.2) is 21.7 Å². The number of ether oxygens (including phenoxy) is 1. The summed E-state index contributed by atoms with van der Waals surface area (Å²) in [5.41, 5.74) is 0.597. The van der Waals surface area contributed by atoms with E-state index in [-0.39, 0.29) is 11.5 Å². The molecule has 2 rings (SSSR count). The van der Waals surface area contributed by atoms with E-state index < -0.39 is 27.0 Å². The number of hydrogen-bond acceptors (Lipinski definition) is 5. The molecule has 1 aliphatic rings. The first-order valence-electron chi connectivity index (χ1n) is 6.05. The fourth-order valence-electron chi connectivity index (χ4n) is 1.79. The molecule has 6 nitrogen and oxygen atoms in total. The minimum absolute atomic E-state index is 0.222. The van der Waals surface area contributed by atoms with Gasteiger partial charge >= 0.3 is 0 Å². The number of hydrogen-bond donors (Lipinski definition) is 1. The fourth-order valence-corrected chi connectivity index (χ4v) is 2.32. The number of benzene rings is 1. The van der Waals surface area contributed by atoms with E-state index in [0.29, 0.717) is 11.4 Å². The van der Waals surface area contributed by atoms with E-state index in [1.807, 2.05) is 0 Å². The second-order valence-corrected chi connectivity index (χ2v) is 7.16. The number of fused-ring (bicyclic) bond motifs is 1. The highest BCUT2D eigenvalue weighted by Crippen LogP contribution is 2.31. The van der Waals surface area contributed by atoms with E-state index in [1.165, 1.54) is 19.1 Å². The van der Waals surface area contributed by atoms with Crippen LogP contribution in [-0.2, 0) is 14.6 Å². The second-order valence-electron chi connectivity index (χ2n) is 4.80. The van der Waals surface area contributed by atoms with E-state index in [9.17, 15) is 18.0 Å². The molecule has 1 amide bonds. The van der Waals surface area contributed by atoms with Crippen LogP contribution < -0.4 is 10.1 Å². The van der Waals surface area contributed by atoms with Crippen LogP contribution in [0.1, 0.15) is 24.2 Å². The summed E-state index contributed by atoms with van der Waals surface area (Å²) in [6.45, 7) is 2.96. The Morgan fingerprint density at radius 2 is 2.05 bits per heavy atom. The van der Waals surface area contributed by atoms with Gasteiger partial charge in [0.1, 0.15) is 11.0 Å². The zero-order chi connectivity index (χ0) is 15.1. The van der Waals surface area contributed by atoms with Gasteiger partial charge in [0.25, 0.3) is 5.91 Å². The molecule has 7 heteroatoms. The number of sulfone groups is 1. The Hall–Kier alpha value is -1.89. The average Bonchev–Trinajstić information content (AvgIpc) is 2.37. The first kappa shape index (κ1) is 14.5. The third kappa shape index (κ3) is 2.67. The lowest BCUT2D eigenvalue weighted by atomic mass is 10.1. The van der Waals surface area contributed by atoms with E-state index in [4.69, 9.17) is 4.74 Å². The third-order valence-corrected chi connectivity index (χ3v) is 4.70. The maximum absolute atomic E-state index is 12.1. The van der Waals surface area contributed by atoms with Crippen LogP contribution in [0.3, 0.4) is 0 Å². The van der Waals surface area contributed by atoms with Crippen molar-refractivity contribution in [3.63, 3.8) is 0 Å². The molecule has 1 heterocycles. The quantitative estimate of drug-likeness (QED) is 0.841. The number of carbonyl (C=O) groups is 2. The van der Waals surface area contributed by atoms with Gasteiger partial charge in [-0.15, -0.1) is 0 Å². The molecule has 1 N–H and O–H groups in total. The minimum Gasteiger partial charge on any atom is -0.479 e. The summed E-state index contributed by atoms with van der Waals surface area (Å²) in [6, 6.07) is 4.48. The van der Waals surface area contributed by atoms with Crippen LogP contribution in [0.4, 0.5) is 5.69 Å². The first-order valence-corrected chi connectivity index (χ1v) is 8.00. The largest absolute Gasteiger partial charge is 0.479 e. The van der Waals surface area contributed by atoms with Gasteiger partial charge in [-0.2, -0.15) is 0 Å². The number of Topliss-reactive ketones (excluding diaryl/α,β-unsaturated/α-hetero) is 1. The summed E-state index contributed by atoms with van der Waals surface area (Å²) in [4.78, 5) is 23.6. The Morgan fingerprint density at radius 1 is 1.40 bits per heavy atom. The van der Waals surface area contributed by atoms with Crippen molar-refractivity contribution in [2.24, 2.45) is 0 Å². The first-order chi connectivity index (χ1) is 9.20. The summed E-state index contributed by atoms with van der Waals surface area (Å²) in [6.07, 6.45) is 0.416. The molecule has 0 fully saturated rings. The summed E-state index contributed by atoms with van der Waals surface area (Å²) < 4.78 is 28.2. The number of amides is 1. The van der Waals surface area contributed by atoms with Crippen molar-refractivity contribution < 1.29 is 22.7 Å². The summed E-state index contributed by atoms with van der Waals surface area (Å²) >= 11 is 0. The predicted octanol–water partition coefficient (Wildman–Crippen LogP) is 1.02. The normalized spacial score (nSPS) is 19.6. The van der Waals surface area contributed by atoms with Gasteiger partial charge in [0, 0.05) is 11.8 Å². The number of rotatable bonds is 3. The highest BCUT2D eigenvalue weighted by Gasteiger charge is 2.28. The summed E-state index contributed by atoms with van der Waals surface area (Å²) in [5, 5.41) is 1.49. The molecule has 0 aliphatic carbocycles. The van der Waals surface area contributed by atoms with E-state index in [1.54, 1.807) is 13.0 Å². The van der Waals surface area contributed by atoms with Gasteiger partial charge in [-0.3, -0.25) is 9.59 Å². The molecule has 0 saturated heterocycles. The molecule has 2 unspecified atom stereocenters. The Labute approximate surface area is 117 Å². The molecular weight excluding hydrogens is 282 g/mol. The predicted molar refractivity (Wildman–Crippen MR) is 73.8 cm³/mol. The number of anilines is 1. The highest BCUT2D eigenvalue weighted by atomic mass is 32.2. The summed E-state index contributed by atoms with van der Waals surface area (Å²) in [7, 11) is -3.46. The van der Waals surface area contributed by atoms with Gasteiger partial charge in [-0.1, -0.05) is 0 Å². The number of carbonyl (C=O) groups excluding carboxylic acids is 2. The van der Waals surface area contributed by atoms with Gasteiger partial charge < -0.3 is 10.1 Å². The van der Waals surface area contributed by atoms with Crippen molar-refractivity contribution in [2.45, 2.75) is 25.2 Å². The lowest BCUT2D eigenvalue weighted by Gasteiger charge is -2.23. The van der Waals surface area contributed by atoms with E-state index >= 15 is 0 Å². The molecule has 20 heavy (non-hydrogen) atoms. The van der Waals surface area contributed by atoms with Crippen molar-refractivity contribution in [2.75, 3.05) is 11.6 Å². The van der Waals surface area contributed by atoms with E-state index in [0.717, 1.165) is 6.26 Å². The second kappa shape index (κ2) is 4.90. The molecule has 0 spiro atoms. The fraction of sp³-hybridized carbons (Fsp3) is 0.385. The minimum atomic E-state index is -3.46.